The van der Waals surface area contributed by atoms with E-state index in [9.17, 15) is 4.79 Å². The Labute approximate surface area is 83.7 Å². The van der Waals surface area contributed by atoms with Gasteiger partial charge in [0.15, 0.2) is 0 Å². The smallest absolute Gasteiger partial charge is 0.364 e. The number of carboxylic acid groups (broad SMARTS) is 1. The number of hydrogen-bond donors (Lipinski definition) is 3. The fraction of sp³-hybridized carbons (Fsp3) is 0.571. The first kappa shape index (κ1) is 14.3. The fourth-order valence-corrected chi connectivity index (χ4v) is 0.600. The van der Waals surface area contributed by atoms with E-state index in [4.69, 9.17) is 15.3 Å². The summed E-state index contributed by atoms with van der Waals surface area (Å²) in [6.07, 6.45) is 2.41. The first-order valence-corrected chi connectivity index (χ1v) is 3.29. The van der Waals surface area contributed by atoms with E-state index < -0.39 is 11.8 Å². The summed E-state index contributed by atoms with van der Waals surface area (Å²) in [4.78, 5) is 10.1. The third-order valence-electron chi connectivity index (χ3n) is 1.28. The van der Waals surface area contributed by atoms with E-state index in [0.29, 0.717) is 12.8 Å². The maximum Gasteiger partial charge on any atom is 0.364 e. The summed E-state index contributed by atoms with van der Waals surface area (Å²) < 4.78 is 0. The quantitative estimate of drug-likeness (QED) is 0.269. The second-order valence-corrected chi connectivity index (χ2v) is 2.30. The third kappa shape index (κ3) is 5.41. The number of aliphatic carboxylic acids is 1. The number of allylic oxidation sites excluding steroid dienone is 1. The van der Waals surface area contributed by atoms with E-state index in [2.05, 4.69) is 6.58 Å². The molecule has 0 aromatic rings. The van der Waals surface area contributed by atoms with Crippen LogP contribution in [-0.4, -0.2) is 27.1 Å². The molecule has 0 saturated heterocycles. The summed E-state index contributed by atoms with van der Waals surface area (Å²) in [6, 6.07) is 0. The van der Waals surface area contributed by atoms with Crippen molar-refractivity contribution in [2.45, 2.75) is 25.0 Å². The van der Waals surface area contributed by atoms with E-state index in [1.807, 2.05) is 0 Å². The molecule has 0 aliphatic rings. The molecule has 0 fully saturated rings. The molecule has 66 valence electrons. The van der Waals surface area contributed by atoms with Gasteiger partial charge in [-0.2, -0.15) is 0 Å². The zero-order valence-electron chi connectivity index (χ0n) is 6.86. The molecule has 12 heavy (non-hydrogen) atoms. The normalized spacial score (nSPS) is 10.2. The van der Waals surface area contributed by atoms with E-state index in [1.54, 1.807) is 6.08 Å². The number of hydrogen-bond acceptors (Lipinski definition) is 3. The summed E-state index contributed by atoms with van der Waals surface area (Å²) in [5.41, 5.74) is 0. The summed E-state index contributed by atoms with van der Waals surface area (Å²) >= 11 is 0. The summed E-state index contributed by atoms with van der Waals surface area (Å²) in [6.45, 7) is 3.41. The second kappa shape index (κ2) is 6.29. The second-order valence-electron chi connectivity index (χ2n) is 2.30. The topological polar surface area (TPSA) is 77.8 Å². The molecule has 0 spiro atoms. The molecule has 0 rings (SSSR count). The van der Waals surface area contributed by atoms with Crippen molar-refractivity contribution in [2.75, 3.05) is 0 Å². The van der Waals surface area contributed by atoms with Gasteiger partial charge >= 0.3 is 5.97 Å². The Morgan fingerprint density at radius 1 is 1.50 bits per heavy atom. The molecule has 0 aromatic carbocycles. The van der Waals surface area contributed by atoms with E-state index in [1.165, 1.54) is 0 Å². The average Bonchev–Trinajstić information content (AvgIpc) is 1.88. The molecule has 0 atom stereocenters. The first-order valence-electron chi connectivity index (χ1n) is 3.29. The van der Waals surface area contributed by atoms with Crippen LogP contribution in [0.2, 0.25) is 0 Å². The standard InChI is InChI=1S/C7H12O4.Zn/c1-2-3-4-5-7(10,11)6(8)9;/h2,10-11H,1,3-5H2,(H,8,9);. The molecule has 0 aromatic heterocycles. The number of carboxylic acids is 1. The van der Waals surface area contributed by atoms with Crippen molar-refractivity contribution in [3.05, 3.63) is 12.7 Å². The van der Waals surface area contributed by atoms with Crippen LogP contribution in [0.5, 0.6) is 0 Å². The van der Waals surface area contributed by atoms with Gasteiger partial charge in [-0.15, -0.1) is 6.58 Å². The summed E-state index contributed by atoms with van der Waals surface area (Å²) in [7, 11) is 0. The monoisotopic (exact) mass is 224 g/mol. The number of carbonyl (C=O) groups is 1. The van der Waals surface area contributed by atoms with Crippen LogP contribution in [-0.2, 0) is 24.3 Å². The van der Waals surface area contributed by atoms with Crippen LogP contribution in [0.25, 0.3) is 0 Å². The van der Waals surface area contributed by atoms with Gasteiger partial charge in [0.05, 0.1) is 0 Å². The zero-order chi connectivity index (χ0) is 8.91. The summed E-state index contributed by atoms with van der Waals surface area (Å²) in [5.74, 6) is -4.19. The van der Waals surface area contributed by atoms with Gasteiger partial charge in [0.2, 0.25) is 0 Å². The van der Waals surface area contributed by atoms with Crippen molar-refractivity contribution in [1.82, 2.24) is 0 Å². The predicted molar refractivity (Wildman–Crippen MR) is 38.9 cm³/mol. The zero-order valence-corrected chi connectivity index (χ0v) is 9.83. The Morgan fingerprint density at radius 3 is 2.33 bits per heavy atom. The largest absolute Gasteiger partial charge is 0.477 e. The van der Waals surface area contributed by atoms with Crippen LogP contribution in [0.3, 0.4) is 0 Å². The van der Waals surface area contributed by atoms with Crippen LogP contribution in [0, 0.1) is 0 Å². The van der Waals surface area contributed by atoms with Crippen molar-refractivity contribution in [3.8, 4) is 0 Å². The van der Waals surface area contributed by atoms with Crippen LogP contribution < -0.4 is 0 Å². The van der Waals surface area contributed by atoms with Crippen molar-refractivity contribution < 1.29 is 39.6 Å². The van der Waals surface area contributed by atoms with Crippen molar-refractivity contribution in [2.24, 2.45) is 0 Å². The van der Waals surface area contributed by atoms with Gasteiger partial charge in [0.25, 0.3) is 5.79 Å². The first-order chi connectivity index (χ1) is 5.00. The molecule has 0 bridgehead atoms. The van der Waals surface area contributed by atoms with Crippen molar-refractivity contribution >= 4 is 5.97 Å². The molecule has 0 aliphatic heterocycles. The molecular formula is C7H12O4Zn. The molecule has 0 heterocycles. The van der Waals surface area contributed by atoms with Gasteiger partial charge in [-0.25, -0.2) is 4.79 Å². The van der Waals surface area contributed by atoms with Gasteiger partial charge in [0.1, 0.15) is 0 Å². The van der Waals surface area contributed by atoms with Gasteiger partial charge < -0.3 is 15.3 Å². The molecule has 4 nitrogen and oxygen atoms in total. The van der Waals surface area contributed by atoms with Crippen LogP contribution in [0.15, 0.2) is 12.7 Å². The molecule has 0 amide bonds. The van der Waals surface area contributed by atoms with Gasteiger partial charge in [-0.3, -0.25) is 0 Å². The minimum Gasteiger partial charge on any atom is -0.477 e. The SMILES string of the molecule is C=CCCCC(O)(O)C(=O)O.[Zn]. The Morgan fingerprint density at radius 2 is 2.00 bits per heavy atom. The number of rotatable bonds is 5. The van der Waals surface area contributed by atoms with Crippen molar-refractivity contribution in [1.29, 1.82) is 0 Å². The minimum atomic E-state index is -2.58. The Kier molecular flexibility index (Phi) is 7.49. The average molecular weight is 226 g/mol. The van der Waals surface area contributed by atoms with Gasteiger partial charge in [-0.05, 0) is 12.8 Å². The molecule has 0 aliphatic carbocycles. The molecule has 0 unspecified atom stereocenters. The van der Waals surface area contributed by atoms with E-state index in [-0.39, 0.29) is 25.9 Å². The maximum atomic E-state index is 10.1. The third-order valence-corrected chi connectivity index (χ3v) is 1.28. The number of unbranched alkanes of at least 4 members (excludes halogenated alkanes) is 1. The Balaban J connectivity index is 0. The predicted octanol–water partition coefficient (Wildman–Crippen LogP) is 0.106. The minimum absolute atomic E-state index is 0. The summed E-state index contributed by atoms with van der Waals surface area (Å²) in [5, 5.41) is 25.7. The van der Waals surface area contributed by atoms with Crippen molar-refractivity contribution in [3.63, 3.8) is 0 Å². The Hall–Kier alpha value is -0.247. The fourth-order valence-electron chi connectivity index (χ4n) is 0.600. The molecule has 0 radical (unpaired) electrons. The van der Waals surface area contributed by atoms with Crippen LogP contribution in [0.4, 0.5) is 0 Å². The van der Waals surface area contributed by atoms with Crippen LogP contribution in [0.1, 0.15) is 19.3 Å². The molecular weight excluding hydrogens is 213 g/mol. The number of aliphatic hydroxyl groups is 2. The van der Waals surface area contributed by atoms with E-state index >= 15 is 0 Å². The van der Waals surface area contributed by atoms with E-state index in [0.717, 1.165) is 0 Å². The van der Waals surface area contributed by atoms with Crippen LogP contribution >= 0.6 is 0 Å². The molecule has 0 saturated carbocycles. The van der Waals surface area contributed by atoms with Gasteiger partial charge in [0, 0.05) is 25.9 Å². The maximum absolute atomic E-state index is 10.1. The van der Waals surface area contributed by atoms with Gasteiger partial charge in [-0.1, -0.05) is 6.08 Å². The Bertz CT molecular complexity index is 155. The molecule has 5 heteroatoms. The molecule has 3 N–H and O–H groups in total.